The molecule has 0 saturated carbocycles. The molecule has 3 aromatic rings. The first-order chi connectivity index (χ1) is 13.9. The second-order valence-electron chi connectivity index (χ2n) is 6.58. The van der Waals surface area contributed by atoms with Gasteiger partial charge in [-0.2, -0.15) is 5.10 Å². The van der Waals surface area contributed by atoms with Gasteiger partial charge in [0.25, 0.3) is 5.91 Å². The highest BCUT2D eigenvalue weighted by atomic mass is 32.1. The molecule has 9 heteroatoms. The Hall–Kier alpha value is -3.20. The quantitative estimate of drug-likeness (QED) is 0.574. The average Bonchev–Trinajstić information content (AvgIpc) is 3.27. The van der Waals surface area contributed by atoms with E-state index in [9.17, 15) is 14.4 Å². The van der Waals surface area contributed by atoms with E-state index in [4.69, 9.17) is 4.74 Å². The highest BCUT2D eigenvalue weighted by Gasteiger charge is 2.18. The zero-order valence-electron chi connectivity index (χ0n) is 16.4. The van der Waals surface area contributed by atoms with Gasteiger partial charge >= 0.3 is 5.97 Å². The van der Waals surface area contributed by atoms with E-state index in [1.807, 2.05) is 18.5 Å². The van der Waals surface area contributed by atoms with Crippen LogP contribution in [0.25, 0.3) is 10.2 Å². The van der Waals surface area contributed by atoms with E-state index in [2.05, 4.69) is 40.0 Å². The Morgan fingerprint density at radius 3 is 2.55 bits per heavy atom. The molecule has 0 aliphatic rings. The molecule has 0 aliphatic heterocycles. The highest BCUT2D eigenvalue weighted by Crippen LogP contribution is 2.29. The molecule has 2 aromatic heterocycles. The van der Waals surface area contributed by atoms with Gasteiger partial charge in [-0.25, -0.2) is 4.79 Å². The maximum absolute atomic E-state index is 12.3. The van der Waals surface area contributed by atoms with Crippen molar-refractivity contribution in [1.29, 1.82) is 0 Å². The maximum atomic E-state index is 12.3. The minimum atomic E-state index is -0.581. The molecule has 0 aliphatic carbocycles. The van der Waals surface area contributed by atoms with Crippen LogP contribution in [-0.4, -0.2) is 47.8 Å². The summed E-state index contributed by atoms with van der Waals surface area (Å²) in [5, 5.41) is 10.2. The lowest BCUT2D eigenvalue weighted by Crippen LogP contribution is -2.37. The van der Waals surface area contributed by atoms with Crippen LogP contribution >= 0.6 is 11.3 Å². The van der Waals surface area contributed by atoms with Crippen molar-refractivity contribution in [3.63, 3.8) is 0 Å². The van der Waals surface area contributed by atoms with Gasteiger partial charge in [0.1, 0.15) is 9.71 Å². The first-order valence-electron chi connectivity index (χ1n) is 9.04. The number of ether oxygens (including phenoxy) is 1. The third-order valence-electron chi connectivity index (χ3n) is 4.32. The van der Waals surface area contributed by atoms with Crippen LogP contribution in [0.2, 0.25) is 0 Å². The van der Waals surface area contributed by atoms with Gasteiger partial charge in [0.15, 0.2) is 6.61 Å². The molecule has 0 atom stereocenters. The van der Waals surface area contributed by atoms with Crippen molar-refractivity contribution in [2.75, 3.05) is 20.2 Å². The normalized spacial score (nSPS) is 10.7. The molecule has 0 saturated heterocycles. The number of carbonyl (C=O) groups excluding carboxylic acids is 3. The summed E-state index contributed by atoms with van der Waals surface area (Å²) in [6, 6.07) is 9.94. The number of hydrogen-bond acceptors (Lipinski definition) is 6. The fourth-order valence-corrected chi connectivity index (χ4v) is 3.76. The van der Waals surface area contributed by atoms with Crippen LogP contribution in [-0.2, 0) is 20.9 Å². The van der Waals surface area contributed by atoms with Crippen LogP contribution in [0, 0.1) is 13.8 Å². The number of hydrogen-bond donors (Lipinski definition) is 2. The maximum Gasteiger partial charge on any atom is 0.348 e. The molecule has 3 rings (SSSR count). The van der Waals surface area contributed by atoms with Crippen LogP contribution in [0.5, 0.6) is 0 Å². The van der Waals surface area contributed by atoms with E-state index < -0.39 is 18.5 Å². The van der Waals surface area contributed by atoms with Gasteiger partial charge in [0, 0.05) is 12.4 Å². The number of aromatic nitrogens is 2. The van der Waals surface area contributed by atoms with Crippen LogP contribution in [0.1, 0.15) is 26.5 Å². The monoisotopic (exact) mass is 414 g/mol. The van der Waals surface area contributed by atoms with Crippen LogP contribution in [0.4, 0.5) is 0 Å². The van der Waals surface area contributed by atoms with Gasteiger partial charge in [-0.05, 0) is 25.5 Å². The standard InChI is InChI=1S/C20H22N4O4S/c1-12-4-6-14(7-5-12)10-24-19-15(13(2)23-24)8-16(29-19)20(27)28-11-18(26)22-9-17(25)21-3/h4-8H,9-11H2,1-3H3,(H,21,25)(H,22,26). The Labute approximate surface area is 171 Å². The van der Waals surface area contributed by atoms with Crippen molar-refractivity contribution in [3.05, 3.63) is 52.0 Å². The van der Waals surface area contributed by atoms with E-state index in [1.54, 1.807) is 6.07 Å². The van der Waals surface area contributed by atoms with Crippen LogP contribution < -0.4 is 10.6 Å². The molecule has 8 nitrogen and oxygen atoms in total. The molecular formula is C20H22N4O4S. The molecule has 2 amide bonds. The highest BCUT2D eigenvalue weighted by molar-refractivity contribution is 7.20. The van der Waals surface area contributed by atoms with Crippen molar-refractivity contribution in [3.8, 4) is 0 Å². The summed E-state index contributed by atoms with van der Waals surface area (Å²) in [4.78, 5) is 36.4. The lowest BCUT2D eigenvalue weighted by Gasteiger charge is -2.05. The van der Waals surface area contributed by atoms with Crippen molar-refractivity contribution < 1.29 is 19.1 Å². The van der Waals surface area contributed by atoms with Crippen molar-refractivity contribution in [2.45, 2.75) is 20.4 Å². The van der Waals surface area contributed by atoms with E-state index in [0.29, 0.717) is 11.4 Å². The summed E-state index contributed by atoms with van der Waals surface area (Å²) in [6.07, 6.45) is 0. The second kappa shape index (κ2) is 8.87. The summed E-state index contributed by atoms with van der Waals surface area (Å²) in [6.45, 7) is 3.92. The van der Waals surface area contributed by atoms with Gasteiger partial charge in [0.2, 0.25) is 5.91 Å². The second-order valence-corrected chi connectivity index (χ2v) is 7.61. The predicted octanol–water partition coefficient (Wildman–Crippen LogP) is 1.78. The smallest absolute Gasteiger partial charge is 0.348 e. The topological polar surface area (TPSA) is 102 Å². The van der Waals surface area contributed by atoms with Gasteiger partial charge < -0.3 is 15.4 Å². The number of carbonyl (C=O) groups is 3. The van der Waals surface area contributed by atoms with Crippen molar-refractivity contribution in [2.24, 2.45) is 0 Å². The summed E-state index contributed by atoms with van der Waals surface area (Å²) in [7, 11) is 1.47. The number of nitrogens with zero attached hydrogens (tertiary/aromatic N) is 2. The molecule has 152 valence electrons. The third kappa shape index (κ3) is 5.00. The van der Waals surface area contributed by atoms with Crippen LogP contribution in [0.3, 0.4) is 0 Å². The molecule has 2 N–H and O–H groups in total. The number of rotatable bonds is 7. The van der Waals surface area contributed by atoms with Gasteiger partial charge in [-0.15, -0.1) is 11.3 Å². The molecule has 0 bridgehead atoms. The SMILES string of the molecule is CNC(=O)CNC(=O)COC(=O)c1cc2c(C)nn(Cc3ccc(C)cc3)c2s1. The third-order valence-corrected chi connectivity index (χ3v) is 5.45. The summed E-state index contributed by atoms with van der Waals surface area (Å²) >= 11 is 1.28. The number of amides is 2. The largest absolute Gasteiger partial charge is 0.451 e. The molecule has 1 aromatic carbocycles. The molecule has 2 heterocycles. The van der Waals surface area contributed by atoms with E-state index in [0.717, 1.165) is 21.5 Å². The number of esters is 1. The Kier molecular flexibility index (Phi) is 6.28. The molecule has 29 heavy (non-hydrogen) atoms. The lowest BCUT2D eigenvalue weighted by molar-refractivity contribution is -0.127. The lowest BCUT2D eigenvalue weighted by atomic mass is 10.1. The molecule has 0 fully saturated rings. The summed E-state index contributed by atoms with van der Waals surface area (Å²) in [5.74, 6) is -1.45. The zero-order valence-corrected chi connectivity index (χ0v) is 17.3. The summed E-state index contributed by atoms with van der Waals surface area (Å²) in [5.41, 5.74) is 3.13. The minimum Gasteiger partial charge on any atom is -0.451 e. The molecular weight excluding hydrogens is 392 g/mol. The number of thiophene rings is 1. The Balaban J connectivity index is 1.67. The van der Waals surface area contributed by atoms with Gasteiger partial charge in [-0.1, -0.05) is 29.8 Å². The number of nitrogens with one attached hydrogen (secondary N) is 2. The fourth-order valence-electron chi connectivity index (χ4n) is 2.71. The number of likely N-dealkylation sites (N-methyl/N-ethyl adjacent to an activating group) is 1. The molecule has 0 radical (unpaired) electrons. The minimum absolute atomic E-state index is 0.163. The molecule has 0 spiro atoms. The van der Waals surface area contributed by atoms with Gasteiger partial charge in [-0.3, -0.25) is 14.3 Å². The summed E-state index contributed by atoms with van der Waals surface area (Å²) < 4.78 is 6.93. The molecule has 0 unspecified atom stereocenters. The first kappa shape index (κ1) is 20.5. The van der Waals surface area contributed by atoms with E-state index in [-0.39, 0.29) is 12.5 Å². The predicted molar refractivity (Wildman–Crippen MR) is 110 cm³/mol. The Bertz CT molecular complexity index is 1050. The Morgan fingerprint density at radius 1 is 1.14 bits per heavy atom. The zero-order chi connectivity index (χ0) is 21.0. The average molecular weight is 414 g/mol. The van der Waals surface area contributed by atoms with E-state index >= 15 is 0 Å². The number of fused-ring (bicyclic) bond motifs is 1. The van der Waals surface area contributed by atoms with E-state index in [1.165, 1.54) is 23.9 Å². The van der Waals surface area contributed by atoms with Crippen LogP contribution in [0.15, 0.2) is 30.3 Å². The van der Waals surface area contributed by atoms with Gasteiger partial charge in [0.05, 0.1) is 18.8 Å². The fraction of sp³-hybridized carbons (Fsp3) is 0.300. The van der Waals surface area contributed by atoms with Crippen molar-refractivity contribution in [1.82, 2.24) is 20.4 Å². The van der Waals surface area contributed by atoms with Crippen molar-refractivity contribution >= 4 is 39.3 Å². The number of benzene rings is 1. The first-order valence-corrected chi connectivity index (χ1v) is 9.86. The number of aryl methyl sites for hydroxylation is 2. The Morgan fingerprint density at radius 2 is 1.86 bits per heavy atom.